The minimum Gasteiger partial charge on any atom is -0.475 e. The summed E-state index contributed by atoms with van der Waals surface area (Å²) < 4.78 is 10.9. The molecule has 18 heavy (non-hydrogen) atoms. The van der Waals surface area contributed by atoms with Gasteiger partial charge in [0.15, 0.2) is 5.89 Å². The topological polar surface area (TPSA) is 72.6 Å². The summed E-state index contributed by atoms with van der Waals surface area (Å²) in [5, 5.41) is 9.07. The van der Waals surface area contributed by atoms with E-state index in [2.05, 4.69) is 4.98 Å². The van der Waals surface area contributed by atoms with Gasteiger partial charge in [0.2, 0.25) is 5.76 Å². The van der Waals surface area contributed by atoms with Crippen LogP contribution in [0, 0.1) is 0 Å². The van der Waals surface area contributed by atoms with Gasteiger partial charge in [0.05, 0.1) is 17.7 Å². The molecule has 1 aliphatic rings. The van der Waals surface area contributed by atoms with E-state index in [1.54, 1.807) is 7.11 Å². The van der Waals surface area contributed by atoms with Gasteiger partial charge in [-0.3, -0.25) is 0 Å². The molecule has 1 fully saturated rings. The number of aromatic nitrogens is 1. The Bertz CT molecular complexity index is 429. The summed E-state index contributed by atoms with van der Waals surface area (Å²) in [6.45, 7) is 1.99. The molecule has 5 nitrogen and oxygen atoms in total. The Morgan fingerprint density at radius 1 is 1.56 bits per heavy atom. The molecule has 100 valence electrons. The lowest BCUT2D eigenvalue weighted by molar-refractivity contribution is -0.0746. The Hall–Kier alpha value is -1.36. The van der Waals surface area contributed by atoms with E-state index in [1.807, 2.05) is 6.92 Å². The zero-order valence-corrected chi connectivity index (χ0v) is 10.9. The van der Waals surface area contributed by atoms with E-state index in [4.69, 9.17) is 14.3 Å². The number of carboxylic acid groups (broad SMARTS) is 1. The molecule has 2 rings (SSSR count). The number of aryl methyl sites for hydroxylation is 1. The van der Waals surface area contributed by atoms with Crippen molar-refractivity contribution in [2.45, 2.75) is 51.0 Å². The van der Waals surface area contributed by atoms with Crippen molar-refractivity contribution in [2.24, 2.45) is 0 Å². The zero-order valence-electron chi connectivity index (χ0n) is 10.9. The van der Waals surface area contributed by atoms with Gasteiger partial charge in [-0.1, -0.05) is 13.3 Å². The van der Waals surface area contributed by atoms with E-state index in [1.165, 1.54) is 0 Å². The molecule has 0 aromatic carbocycles. The largest absolute Gasteiger partial charge is 0.475 e. The lowest BCUT2D eigenvalue weighted by Gasteiger charge is -2.39. The van der Waals surface area contributed by atoms with Crippen LogP contribution in [-0.2, 0) is 17.6 Å². The Balaban J connectivity index is 2.18. The van der Waals surface area contributed by atoms with E-state index in [9.17, 15) is 4.79 Å². The molecule has 0 saturated heterocycles. The van der Waals surface area contributed by atoms with Gasteiger partial charge in [-0.25, -0.2) is 9.78 Å². The molecule has 0 atom stereocenters. The maximum absolute atomic E-state index is 11.1. The summed E-state index contributed by atoms with van der Waals surface area (Å²) in [6.07, 6.45) is 5.15. The molecule has 1 N–H and O–H groups in total. The third kappa shape index (κ3) is 2.41. The molecule has 5 heteroatoms. The normalized spacial score (nSPS) is 17.4. The summed E-state index contributed by atoms with van der Waals surface area (Å²) in [4.78, 5) is 15.4. The SMILES string of the molecule is CCCc1nc(CC2(OC)CCC2)oc1C(=O)O. The van der Waals surface area contributed by atoms with Gasteiger partial charge in [-0.15, -0.1) is 0 Å². The predicted molar refractivity (Wildman–Crippen MR) is 64.8 cm³/mol. The second-order valence-electron chi connectivity index (χ2n) is 4.86. The van der Waals surface area contributed by atoms with Crippen molar-refractivity contribution in [1.29, 1.82) is 0 Å². The molecule has 1 aromatic heterocycles. The Kier molecular flexibility index (Phi) is 3.71. The fourth-order valence-electron chi connectivity index (χ4n) is 2.35. The number of rotatable bonds is 6. The Morgan fingerprint density at radius 3 is 2.72 bits per heavy atom. The second-order valence-corrected chi connectivity index (χ2v) is 4.86. The first-order chi connectivity index (χ1) is 8.60. The highest BCUT2D eigenvalue weighted by Gasteiger charge is 2.39. The molecule has 1 aromatic rings. The van der Waals surface area contributed by atoms with Crippen molar-refractivity contribution < 1.29 is 19.1 Å². The number of methoxy groups -OCH3 is 1. The predicted octanol–water partition coefficient (Wildman–Crippen LogP) is 2.44. The van der Waals surface area contributed by atoms with Crippen LogP contribution in [0.4, 0.5) is 0 Å². The standard InChI is InChI=1S/C13H19NO4/c1-3-5-9-11(12(15)16)18-10(14-9)8-13(17-2)6-4-7-13/h3-8H2,1-2H3,(H,15,16). The van der Waals surface area contributed by atoms with Gasteiger partial charge in [-0.05, 0) is 25.7 Å². The highest BCUT2D eigenvalue weighted by Crippen LogP contribution is 2.38. The molecule has 1 aliphatic carbocycles. The van der Waals surface area contributed by atoms with Crippen LogP contribution in [0.2, 0.25) is 0 Å². The van der Waals surface area contributed by atoms with Crippen LogP contribution in [0.25, 0.3) is 0 Å². The van der Waals surface area contributed by atoms with Crippen LogP contribution in [0.3, 0.4) is 0 Å². The van der Waals surface area contributed by atoms with Crippen molar-refractivity contribution in [1.82, 2.24) is 4.98 Å². The van der Waals surface area contributed by atoms with Crippen LogP contribution < -0.4 is 0 Å². The van der Waals surface area contributed by atoms with Gasteiger partial charge >= 0.3 is 5.97 Å². The van der Waals surface area contributed by atoms with Crippen LogP contribution in [0.1, 0.15) is 54.7 Å². The minimum atomic E-state index is -1.04. The highest BCUT2D eigenvalue weighted by molar-refractivity contribution is 5.85. The molecule has 0 bridgehead atoms. The van der Waals surface area contributed by atoms with E-state index in [0.717, 1.165) is 25.7 Å². The monoisotopic (exact) mass is 253 g/mol. The average Bonchev–Trinajstić information content (AvgIpc) is 2.67. The molecule has 0 spiro atoms. The fourth-order valence-corrected chi connectivity index (χ4v) is 2.35. The van der Waals surface area contributed by atoms with Crippen molar-refractivity contribution in [3.8, 4) is 0 Å². The Morgan fingerprint density at radius 2 is 2.28 bits per heavy atom. The van der Waals surface area contributed by atoms with Gasteiger partial charge < -0.3 is 14.3 Å². The lowest BCUT2D eigenvalue weighted by Crippen LogP contribution is -2.41. The number of oxazole rings is 1. The third-order valence-corrected chi connectivity index (χ3v) is 3.59. The zero-order chi connectivity index (χ0) is 13.2. The number of hydrogen-bond acceptors (Lipinski definition) is 4. The second kappa shape index (κ2) is 5.10. The molecule has 1 heterocycles. The van der Waals surface area contributed by atoms with Gasteiger partial charge in [0.1, 0.15) is 0 Å². The molecule has 1 saturated carbocycles. The van der Waals surface area contributed by atoms with Crippen LogP contribution in [0.5, 0.6) is 0 Å². The summed E-state index contributed by atoms with van der Waals surface area (Å²) in [7, 11) is 1.69. The highest BCUT2D eigenvalue weighted by atomic mass is 16.5. The van der Waals surface area contributed by atoms with Crippen molar-refractivity contribution in [3.05, 3.63) is 17.3 Å². The maximum atomic E-state index is 11.1. The van der Waals surface area contributed by atoms with Gasteiger partial charge in [-0.2, -0.15) is 0 Å². The third-order valence-electron chi connectivity index (χ3n) is 3.59. The van der Waals surface area contributed by atoms with Crippen LogP contribution >= 0.6 is 0 Å². The molecular weight excluding hydrogens is 234 g/mol. The quantitative estimate of drug-likeness (QED) is 0.843. The smallest absolute Gasteiger partial charge is 0.373 e. The average molecular weight is 253 g/mol. The van der Waals surface area contributed by atoms with Crippen molar-refractivity contribution >= 4 is 5.97 Å². The molecule has 0 unspecified atom stereocenters. The minimum absolute atomic E-state index is 0.0163. The van der Waals surface area contributed by atoms with E-state index in [-0.39, 0.29) is 11.4 Å². The number of nitrogens with zero attached hydrogens (tertiary/aromatic N) is 1. The molecular formula is C13H19NO4. The van der Waals surface area contributed by atoms with Crippen LogP contribution in [-0.4, -0.2) is 28.8 Å². The fraction of sp³-hybridized carbons (Fsp3) is 0.692. The number of hydrogen-bond donors (Lipinski definition) is 1. The summed E-state index contributed by atoms with van der Waals surface area (Å²) in [6, 6.07) is 0. The first-order valence-corrected chi connectivity index (χ1v) is 6.37. The van der Waals surface area contributed by atoms with E-state index >= 15 is 0 Å². The van der Waals surface area contributed by atoms with E-state index < -0.39 is 5.97 Å². The summed E-state index contributed by atoms with van der Waals surface area (Å²) in [5.74, 6) is -0.577. The van der Waals surface area contributed by atoms with Gasteiger partial charge in [0.25, 0.3) is 0 Å². The molecule has 0 amide bonds. The summed E-state index contributed by atoms with van der Waals surface area (Å²) in [5.41, 5.74) is 0.356. The number of aromatic carboxylic acids is 1. The maximum Gasteiger partial charge on any atom is 0.373 e. The summed E-state index contributed by atoms with van der Waals surface area (Å²) >= 11 is 0. The first kappa shape index (κ1) is 13.1. The number of ether oxygens (including phenoxy) is 1. The van der Waals surface area contributed by atoms with Crippen molar-refractivity contribution in [3.63, 3.8) is 0 Å². The van der Waals surface area contributed by atoms with Gasteiger partial charge in [0, 0.05) is 7.11 Å². The Labute approximate surface area is 106 Å². The first-order valence-electron chi connectivity index (χ1n) is 6.37. The molecule has 0 radical (unpaired) electrons. The molecule has 0 aliphatic heterocycles. The number of carboxylic acids is 1. The van der Waals surface area contributed by atoms with Crippen molar-refractivity contribution in [2.75, 3.05) is 7.11 Å². The van der Waals surface area contributed by atoms with E-state index in [0.29, 0.717) is 24.4 Å². The lowest BCUT2D eigenvalue weighted by atomic mass is 9.77. The van der Waals surface area contributed by atoms with Crippen LogP contribution in [0.15, 0.2) is 4.42 Å². The number of carbonyl (C=O) groups is 1.